The highest BCUT2D eigenvalue weighted by Gasteiger charge is 2.25. The molecule has 1 atom stereocenters. The van der Waals surface area contributed by atoms with Crippen molar-refractivity contribution in [3.8, 4) is 0 Å². The van der Waals surface area contributed by atoms with Gasteiger partial charge in [-0.1, -0.05) is 26.8 Å². The molecule has 1 aromatic carbocycles. The van der Waals surface area contributed by atoms with Crippen molar-refractivity contribution in [2.75, 3.05) is 61.4 Å². The van der Waals surface area contributed by atoms with Crippen molar-refractivity contribution in [2.24, 2.45) is 0 Å². The summed E-state index contributed by atoms with van der Waals surface area (Å²) in [7, 11) is 2.17. The molecule has 2 N–H and O–H groups in total. The summed E-state index contributed by atoms with van der Waals surface area (Å²) in [6, 6.07) is 14.7. The van der Waals surface area contributed by atoms with Gasteiger partial charge in [0.05, 0.1) is 11.9 Å². The van der Waals surface area contributed by atoms with Gasteiger partial charge in [0, 0.05) is 79.9 Å². The summed E-state index contributed by atoms with van der Waals surface area (Å²) in [5, 5.41) is 7.72. The third-order valence-electron chi connectivity index (χ3n) is 8.31. The first-order valence-electron chi connectivity index (χ1n) is 15.2. The zero-order chi connectivity index (χ0) is 30.0. The van der Waals surface area contributed by atoms with E-state index in [1.54, 1.807) is 18.6 Å². The van der Waals surface area contributed by atoms with Crippen LogP contribution in [0.3, 0.4) is 0 Å². The Morgan fingerprint density at radius 3 is 2.44 bits per heavy atom. The van der Waals surface area contributed by atoms with Crippen molar-refractivity contribution in [3.05, 3.63) is 72.4 Å². The Morgan fingerprint density at radius 1 is 0.930 bits per heavy atom. The number of pyridine rings is 2. The lowest BCUT2D eigenvalue weighted by atomic mass is 9.93. The highest BCUT2D eigenvalue weighted by atomic mass is 16.2. The van der Waals surface area contributed by atoms with Crippen LogP contribution < -0.4 is 20.4 Å². The molecule has 10 heteroatoms. The van der Waals surface area contributed by atoms with Gasteiger partial charge in [-0.25, -0.2) is 9.97 Å². The zero-order valence-electron chi connectivity index (χ0n) is 25.5. The van der Waals surface area contributed by atoms with Crippen LogP contribution in [0.4, 0.5) is 23.0 Å². The molecule has 1 amide bonds. The van der Waals surface area contributed by atoms with E-state index in [4.69, 9.17) is 4.98 Å². The monoisotopic (exact) mass is 579 g/mol. The van der Waals surface area contributed by atoms with Gasteiger partial charge in [0.15, 0.2) is 5.82 Å². The Morgan fingerprint density at radius 2 is 1.72 bits per heavy atom. The third kappa shape index (κ3) is 6.69. The van der Waals surface area contributed by atoms with E-state index in [9.17, 15) is 4.79 Å². The van der Waals surface area contributed by atoms with Crippen LogP contribution >= 0.6 is 0 Å². The van der Waals surface area contributed by atoms with Crippen molar-refractivity contribution in [2.45, 2.75) is 45.1 Å². The second-order valence-corrected chi connectivity index (χ2v) is 12.7. The van der Waals surface area contributed by atoms with Crippen LogP contribution in [0.2, 0.25) is 0 Å². The first-order valence-corrected chi connectivity index (χ1v) is 15.2. The van der Waals surface area contributed by atoms with Gasteiger partial charge < -0.3 is 25.3 Å². The van der Waals surface area contributed by atoms with Gasteiger partial charge in [-0.05, 0) is 56.3 Å². The van der Waals surface area contributed by atoms with E-state index in [0.29, 0.717) is 12.2 Å². The topological polar surface area (TPSA) is 102 Å². The van der Waals surface area contributed by atoms with Crippen LogP contribution in [0.1, 0.15) is 49.8 Å². The molecule has 5 heterocycles. The lowest BCUT2D eigenvalue weighted by Crippen LogP contribution is -2.48. The van der Waals surface area contributed by atoms with E-state index in [0.717, 1.165) is 79.5 Å². The third-order valence-corrected chi connectivity index (χ3v) is 8.31. The van der Waals surface area contributed by atoms with Crippen LogP contribution in [0.5, 0.6) is 0 Å². The summed E-state index contributed by atoms with van der Waals surface area (Å²) in [6.45, 7) is 12.0. The molecule has 10 nitrogen and oxygen atoms in total. The predicted molar refractivity (Wildman–Crippen MR) is 172 cm³/mol. The fourth-order valence-corrected chi connectivity index (χ4v) is 5.67. The van der Waals surface area contributed by atoms with E-state index in [2.05, 4.69) is 105 Å². The molecular formula is C33H41N9O. The number of aromatic nitrogens is 4. The second-order valence-electron chi connectivity index (χ2n) is 12.7. The maximum absolute atomic E-state index is 13.0. The van der Waals surface area contributed by atoms with Crippen molar-refractivity contribution in [3.63, 3.8) is 0 Å². The zero-order valence-corrected chi connectivity index (χ0v) is 25.5. The number of nitrogens with one attached hydrogen (secondary N) is 2. The number of carbonyl (C=O) groups is 1. The van der Waals surface area contributed by atoms with Crippen molar-refractivity contribution >= 4 is 39.8 Å². The van der Waals surface area contributed by atoms with Crippen LogP contribution in [0, 0.1) is 0 Å². The average molecular weight is 580 g/mol. The summed E-state index contributed by atoms with van der Waals surface area (Å²) in [5.74, 6) is 1.39. The van der Waals surface area contributed by atoms with E-state index < -0.39 is 0 Å². The lowest BCUT2D eigenvalue weighted by molar-refractivity contribution is 0.0927. The Bertz CT molecular complexity index is 1560. The molecule has 0 spiro atoms. The number of hydrogen-bond donors (Lipinski definition) is 2. The quantitative estimate of drug-likeness (QED) is 0.339. The highest BCUT2D eigenvalue weighted by Crippen LogP contribution is 2.30. The summed E-state index contributed by atoms with van der Waals surface area (Å²) in [6.07, 6.45) is 6.92. The minimum Gasteiger partial charge on any atom is -0.369 e. The number of piperazine rings is 1. The fraction of sp³-hybridized carbons (Fsp3) is 0.424. The number of anilines is 4. The number of fused-ring (bicyclic) bond motifs is 1. The van der Waals surface area contributed by atoms with Gasteiger partial charge in [0.1, 0.15) is 17.0 Å². The van der Waals surface area contributed by atoms with E-state index in [1.807, 2.05) is 6.07 Å². The Hall–Kier alpha value is -4.31. The molecule has 0 radical (unpaired) electrons. The van der Waals surface area contributed by atoms with Gasteiger partial charge in [0.25, 0.3) is 5.91 Å². The number of carbonyl (C=O) groups excluding carboxylic acids is 1. The molecule has 224 valence electrons. The number of likely N-dealkylation sites (N-methyl/N-ethyl adjacent to an activating group) is 1. The summed E-state index contributed by atoms with van der Waals surface area (Å²) in [4.78, 5) is 38.6. The van der Waals surface area contributed by atoms with Gasteiger partial charge in [0.2, 0.25) is 0 Å². The Labute approximate surface area is 253 Å². The minimum absolute atomic E-state index is 0.0183. The first kappa shape index (κ1) is 28.8. The second kappa shape index (κ2) is 12.1. The molecule has 2 saturated heterocycles. The van der Waals surface area contributed by atoms with Crippen molar-refractivity contribution in [1.29, 1.82) is 0 Å². The number of piperidine rings is 1. The molecule has 2 aliphatic heterocycles. The summed E-state index contributed by atoms with van der Waals surface area (Å²) in [5.41, 5.74) is 4.12. The molecule has 2 aliphatic rings. The Kier molecular flexibility index (Phi) is 8.12. The van der Waals surface area contributed by atoms with Crippen molar-refractivity contribution < 1.29 is 4.79 Å². The van der Waals surface area contributed by atoms with E-state index >= 15 is 0 Å². The average Bonchev–Trinajstić information content (AvgIpc) is 3.01. The fourth-order valence-electron chi connectivity index (χ4n) is 5.67. The van der Waals surface area contributed by atoms with Gasteiger partial charge in [-0.2, -0.15) is 0 Å². The number of hydrogen-bond acceptors (Lipinski definition) is 9. The largest absolute Gasteiger partial charge is 0.369 e. The molecule has 0 aliphatic carbocycles. The number of amides is 1. The van der Waals surface area contributed by atoms with Gasteiger partial charge >= 0.3 is 0 Å². The minimum atomic E-state index is -0.196. The molecule has 3 aromatic heterocycles. The first-order chi connectivity index (χ1) is 20.7. The van der Waals surface area contributed by atoms with Gasteiger partial charge in [-0.15, -0.1) is 0 Å². The normalized spacial score (nSPS) is 18.1. The molecular weight excluding hydrogens is 538 g/mol. The number of rotatable bonds is 6. The Balaban J connectivity index is 1.17. The SMILES string of the molecule is CN1CCN(c2ccc(Nc3nc(N4CCC[C@@H](NC(=O)c5cnc(C(C)(C)C)cn5)C4)cc4cccnc34)cc2)CC1. The number of nitrogens with zero attached hydrogens (tertiary/aromatic N) is 7. The molecule has 0 saturated carbocycles. The van der Waals surface area contributed by atoms with Crippen molar-refractivity contribution in [1.82, 2.24) is 30.2 Å². The van der Waals surface area contributed by atoms with E-state index in [-0.39, 0.29) is 17.4 Å². The molecule has 0 bridgehead atoms. The van der Waals surface area contributed by atoms with Crippen LogP contribution in [-0.4, -0.2) is 83.1 Å². The maximum Gasteiger partial charge on any atom is 0.271 e. The standard InChI is InChI=1S/C33H41N9O/c1-33(2,3)28-21-35-27(20-36-28)32(43)38-25-8-6-14-42(22-25)29-19-23-7-5-13-34-30(23)31(39-29)37-24-9-11-26(12-10-24)41-17-15-40(4)16-18-41/h5,7,9-13,19-21,25H,6,8,14-18,22H2,1-4H3,(H,37,39)(H,38,43)/t25-/m1/s1. The van der Waals surface area contributed by atoms with Gasteiger partial charge in [-0.3, -0.25) is 14.8 Å². The molecule has 0 unspecified atom stereocenters. The highest BCUT2D eigenvalue weighted by molar-refractivity contribution is 5.93. The summed E-state index contributed by atoms with van der Waals surface area (Å²) >= 11 is 0. The number of benzene rings is 1. The molecule has 6 rings (SSSR count). The predicted octanol–water partition coefficient (Wildman–Crippen LogP) is 4.61. The van der Waals surface area contributed by atoms with Crippen LogP contribution in [0.25, 0.3) is 10.9 Å². The molecule has 4 aromatic rings. The lowest BCUT2D eigenvalue weighted by Gasteiger charge is -2.34. The van der Waals surface area contributed by atoms with Crippen LogP contribution in [0.15, 0.2) is 61.1 Å². The van der Waals surface area contributed by atoms with E-state index in [1.165, 1.54) is 5.69 Å². The maximum atomic E-state index is 13.0. The molecule has 43 heavy (non-hydrogen) atoms. The smallest absolute Gasteiger partial charge is 0.271 e. The summed E-state index contributed by atoms with van der Waals surface area (Å²) < 4.78 is 0. The molecule has 2 fully saturated rings. The van der Waals surface area contributed by atoms with Crippen LogP contribution in [-0.2, 0) is 5.41 Å².